The Labute approximate surface area is 249 Å². The Kier molecular flexibility index (Phi) is 12.5. The quantitative estimate of drug-likeness (QED) is 0.233. The molecule has 37 heavy (non-hydrogen) atoms. The summed E-state index contributed by atoms with van der Waals surface area (Å²) in [6, 6.07) is 20.8. The van der Waals surface area contributed by atoms with Gasteiger partial charge in [0.25, 0.3) is 0 Å². The van der Waals surface area contributed by atoms with Crippen molar-refractivity contribution in [3.8, 4) is 11.1 Å². The van der Waals surface area contributed by atoms with Gasteiger partial charge in [-0.2, -0.15) is 11.1 Å². The maximum absolute atomic E-state index is 8.34. The number of rotatable bonds is 1. The second kappa shape index (κ2) is 14.4. The summed E-state index contributed by atoms with van der Waals surface area (Å²) in [4.78, 5) is 0. The molecule has 5 aliphatic rings. The summed E-state index contributed by atoms with van der Waals surface area (Å²) in [7, 11) is 0.750. The fourth-order valence-corrected chi connectivity index (χ4v) is 7.14. The van der Waals surface area contributed by atoms with E-state index in [0.717, 1.165) is 21.4 Å². The molecule has 4 saturated carbocycles. The van der Waals surface area contributed by atoms with Gasteiger partial charge in [-0.25, -0.2) is 5.57 Å². The normalized spacial score (nSPS) is 30.5. The molecule has 1 N–H and O–H groups in total. The number of hydrogen-bond donors (Lipinski definition) is 0. The minimum atomic E-state index is 0. The van der Waals surface area contributed by atoms with Gasteiger partial charge in [-0.05, 0) is 47.6 Å². The van der Waals surface area contributed by atoms with Crippen LogP contribution in [-0.4, -0.2) is 15.1 Å². The molecule has 3 atom stereocenters. The first-order valence-electron chi connectivity index (χ1n) is 14.0. The van der Waals surface area contributed by atoms with Crippen molar-refractivity contribution in [2.45, 2.75) is 91.8 Å². The van der Waals surface area contributed by atoms with Crippen LogP contribution in [0.25, 0.3) is 16.9 Å². The molecule has 2 aromatic rings. The predicted octanol–water partition coefficient (Wildman–Crippen LogP) is 9.99. The third kappa shape index (κ3) is 9.01. The molecule has 2 aromatic carbocycles. The van der Waals surface area contributed by atoms with Crippen molar-refractivity contribution in [3.05, 3.63) is 89.2 Å². The SMILES string of the molecule is CC12CC3CC(C1)CC([NH-])(C3)C2.CC1=[C-]C(C)C(C)=C1C.C[SiH]C.[Zr+2].c1ccc(-c2ccccc2)cc1. The molecule has 0 saturated heterocycles. The Morgan fingerprint density at radius 2 is 1.24 bits per heavy atom. The molecule has 5 aliphatic carbocycles. The van der Waals surface area contributed by atoms with Gasteiger partial charge >= 0.3 is 26.2 Å². The average molecular weight is 590 g/mol. The number of benzene rings is 2. The topological polar surface area (TPSA) is 23.8 Å². The van der Waals surface area contributed by atoms with E-state index < -0.39 is 0 Å². The van der Waals surface area contributed by atoms with E-state index in [0.29, 0.717) is 11.3 Å². The van der Waals surface area contributed by atoms with Crippen LogP contribution in [0.4, 0.5) is 0 Å². The van der Waals surface area contributed by atoms with E-state index >= 15 is 0 Å². The summed E-state index contributed by atoms with van der Waals surface area (Å²) >= 11 is 0. The molecule has 7 rings (SSSR count). The molecule has 1 radical (unpaired) electrons. The minimum Gasteiger partial charge on any atom is -0.672 e. The number of hydrogen-bond acceptors (Lipinski definition) is 0. The van der Waals surface area contributed by atoms with Gasteiger partial charge in [0.2, 0.25) is 0 Å². The van der Waals surface area contributed by atoms with Gasteiger partial charge in [-0.1, -0.05) is 127 Å². The van der Waals surface area contributed by atoms with E-state index in [4.69, 9.17) is 5.73 Å². The van der Waals surface area contributed by atoms with Gasteiger partial charge in [-0.15, -0.1) is 12.5 Å². The Balaban J connectivity index is 0.000000185. The molecular formula is C34H48NSiZr. The van der Waals surface area contributed by atoms with Gasteiger partial charge in [0.1, 0.15) is 0 Å². The van der Waals surface area contributed by atoms with Crippen LogP contribution in [0.15, 0.2) is 77.4 Å². The average Bonchev–Trinajstić information content (AvgIpc) is 3.04. The first-order chi connectivity index (χ1) is 17.1. The van der Waals surface area contributed by atoms with E-state index in [1.165, 1.54) is 66.4 Å². The van der Waals surface area contributed by atoms with Crippen molar-refractivity contribution in [1.29, 1.82) is 0 Å². The van der Waals surface area contributed by atoms with Gasteiger partial charge < -0.3 is 5.73 Å². The molecule has 0 aliphatic heterocycles. The summed E-state index contributed by atoms with van der Waals surface area (Å²) in [6.07, 6.45) is 11.3. The van der Waals surface area contributed by atoms with Gasteiger partial charge in [0.15, 0.2) is 0 Å². The summed E-state index contributed by atoms with van der Waals surface area (Å²) in [5, 5.41) is 0. The Morgan fingerprint density at radius 1 is 0.811 bits per heavy atom. The van der Waals surface area contributed by atoms with Crippen LogP contribution in [0.1, 0.15) is 73.1 Å². The summed E-state index contributed by atoms with van der Waals surface area (Å²) in [5.41, 5.74) is 15.7. The van der Waals surface area contributed by atoms with Gasteiger partial charge in [0.05, 0.1) is 0 Å². The first-order valence-corrected chi connectivity index (χ1v) is 16.3. The monoisotopic (exact) mass is 588 g/mol. The second-order valence-electron chi connectivity index (χ2n) is 12.2. The largest absolute Gasteiger partial charge is 2.00 e. The van der Waals surface area contributed by atoms with Crippen LogP contribution in [0.2, 0.25) is 13.1 Å². The van der Waals surface area contributed by atoms with Crippen LogP contribution < -0.4 is 0 Å². The number of nitrogens with one attached hydrogen (secondary N) is 1. The van der Waals surface area contributed by atoms with Crippen LogP contribution >= 0.6 is 0 Å². The maximum Gasteiger partial charge on any atom is 2.00 e. The number of allylic oxidation sites excluding steroid dienone is 4. The van der Waals surface area contributed by atoms with Crippen molar-refractivity contribution >= 4 is 9.52 Å². The van der Waals surface area contributed by atoms with Crippen LogP contribution in [0.3, 0.4) is 0 Å². The summed E-state index contributed by atoms with van der Waals surface area (Å²) < 4.78 is 0. The van der Waals surface area contributed by atoms with Crippen molar-refractivity contribution in [2.75, 3.05) is 0 Å². The van der Waals surface area contributed by atoms with Crippen LogP contribution in [0, 0.1) is 29.2 Å². The fraction of sp³-hybridized carbons (Fsp3) is 0.529. The Morgan fingerprint density at radius 3 is 1.51 bits per heavy atom. The molecule has 3 unspecified atom stereocenters. The molecule has 0 spiro atoms. The van der Waals surface area contributed by atoms with Crippen molar-refractivity contribution in [3.63, 3.8) is 0 Å². The minimum absolute atomic E-state index is 0. The molecule has 0 aromatic heterocycles. The van der Waals surface area contributed by atoms with E-state index in [2.05, 4.69) is 102 Å². The molecule has 4 bridgehead atoms. The smallest absolute Gasteiger partial charge is 0.672 e. The molecule has 197 valence electrons. The van der Waals surface area contributed by atoms with Gasteiger partial charge in [0, 0.05) is 9.52 Å². The predicted molar refractivity (Wildman–Crippen MR) is 161 cm³/mol. The van der Waals surface area contributed by atoms with Crippen molar-refractivity contribution in [1.82, 2.24) is 0 Å². The zero-order chi connectivity index (χ0) is 26.3. The molecular weight excluding hydrogens is 542 g/mol. The maximum atomic E-state index is 8.34. The molecule has 1 nitrogen and oxygen atoms in total. The molecule has 0 heterocycles. The van der Waals surface area contributed by atoms with Crippen molar-refractivity contribution in [2.24, 2.45) is 23.2 Å². The first kappa shape index (κ1) is 32.2. The zero-order valence-corrected chi connectivity index (χ0v) is 27.9. The van der Waals surface area contributed by atoms with Crippen LogP contribution in [0.5, 0.6) is 0 Å². The van der Waals surface area contributed by atoms with E-state index in [-0.39, 0.29) is 31.7 Å². The third-order valence-electron chi connectivity index (χ3n) is 8.47. The Hall–Kier alpha value is -1.02. The molecule has 4 fully saturated rings. The second-order valence-corrected chi connectivity index (χ2v) is 13.3. The molecule has 0 amide bonds. The Bertz CT molecular complexity index is 955. The van der Waals surface area contributed by atoms with E-state index in [1.807, 2.05) is 12.1 Å². The zero-order valence-electron chi connectivity index (χ0n) is 24.3. The fourth-order valence-electron chi connectivity index (χ4n) is 7.14. The van der Waals surface area contributed by atoms with Crippen molar-refractivity contribution < 1.29 is 26.2 Å². The third-order valence-corrected chi connectivity index (χ3v) is 8.47. The molecule has 3 heteroatoms. The van der Waals surface area contributed by atoms with E-state index in [1.54, 1.807) is 0 Å². The summed E-state index contributed by atoms with van der Waals surface area (Å²) in [6.45, 7) is 15.5. The summed E-state index contributed by atoms with van der Waals surface area (Å²) in [5.74, 6) is 2.41. The van der Waals surface area contributed by atoms with Crippen LogP contribution in [-0.2, 0) is 26.2 Å². The van der Waals surface area contributed by atoms with Gasteiger partial charge in [-0.3, -0.25) is 6.08 Å². The van der Waals surface area contributed by atoms with E-state index in [9.17, 15) is 0 Å². The standard InChI is InChI=1S/C12H10.C11H18N.C9H13.C2H7Si.Zr/c1-3-7-11(8-4-1)12-9-5-2-6-10-12;1-10-3-8-2-9(4-10)6-11(12,5-8)7-10;1-6-5-7(2)9(4)8(6)3;1-3-2;/h1-10H;8-9,12H,2-7H2,1H3;6H,1-4H3;3H,1-2H3;/q;2*-1;;+2.